The number of hydrogen-bond donors (Lipinski definition) is 1. The van der Waals surface area contributed by atoms with Gasteiger partial charge in [0.1, 0.15) is 0 Å². The molecule has 0 radical (unpaired) electrons. The monoisotopic (exact) mass is 419 g/mol. The molecule has 0 atom stereocenters. The van der Waals surface area contributed by atoms with Crippen LogP contribution in [0.3, 0.4) is 0 Å². The molecule has 0 fully saturated rings. The van der Waals surface area contributed by atoms with Crippen molar-refractivity contribution < 1.29 is 22.9 Å². The Kier molecular flexibility index (Phi) is 5.81. The average molecular weight is 419 g/mol. The van der Waals surface area contributed by atoms with Crippen molar-refractivity contribution >= 4 is 11.6 Å². The molecule has 3 aromatic rings. The molecule has 0 aliphatic heterocycles. The van der Waals surface area contributed by atoms with Crippen LogP contribution in [0.15, 0.2) is 48.5 Å². The van der Waals surface area contributed by atoms with Gasteiger partial charge in [-0.05, 0) is 31.0 Å². The zero-order valence-electron chi connectivity index (χ0n) is 15.7. The summed E-state index contributed by atoms with van der Waals surface area (Å²) < 4.78 is 40.4. The lowest BCUT2D eigenvalue weighted by atomic mass is 10.0. The molecule has 156 valence electrons. The molecule has 0 spiro atoms. The molecule has 1 amide bonds. The zero-order chi connectivity index (χ0) is 21.9. The van der Waals surface area contributed by atoms with Crippen LogP contribution in [0.5, 0.6) is 0 Å². The summed E-state index contributed by atoms with van der Waals surface area (Å²) in [4.78, 5) is 22.8. The van der Waals surface area contributed by atoms with E-state index in [1.807, 2.05) is 0 Å². The van der Waals surface area contributed by atoms with Gasteiger partial charge in [-0.1, -0.05) is 29.5 Å². The van der Waals surface area contributed by atoms with Crippen molar-refractivity contribution in [3.63, 3.8) is 0 Å². The Labute approximate surface area is 168 Å². The zero-order valence-corrected chi connectivity index (χ0v) is 15.7. The maximum absolute atomic E-state index is 13.0. The Balaban J connectivity index is 1.71. The molecule has 1 N–H and O–H groups in total. The second kappa shape index (κ2) is 8.31. The number of rotatable bonds is 6. The molecule has 0 aliphatic rings. The number of nitrogens with one attached hydrogen (secondary N) is 1. The van der Waals surface area contributed by atoms with Crippen molar-refractivity contribution in [1.29, 1.82) is 0 Å². The number of non-ortho nitro benzene ring substituents is 1. The number of carbonyl (C=O) groups excluding carboxylic acids is 1. The van der Waals surface area contributed by atoms with Gasteiger partial charge in [0.15, 0.2) is 5.69 Å². The third-order valence-corrected chi connectivity index (χ3v) is 4.40. The first-order chi connectivity index (χ1) is 14.2. The van der Waals surface area contributed by atoms with E-state index in [0.29, 0.717) is 11.4 Å². The molecule has 1 aromatic heterocycles. The van der Waals surface area contributed by atoms with Crippen LogP contribution in [0, 0.1) is 17.0 Å². The van der Waals surface area contributed by atoms with Crippen molar-refractivity contribution in [2.45, 2.75) is 19.5 Å². The normalized spacial score (nSPS) is 11.3. The van der Waals surface area contributed by atoms with Crippen LogP contribution in [0.25, 0.3) is 5.69 Å². The summed E-state index contributed by atoms with van der Waals surface area (Å²) >= 11 is 0. The van der Waals surface area contributed by atoms with E-state index in [2.05, 4.69) is 15.6 Å². The van der Waals surface area contributed by atoms with E-state index in [1.54, 1.807) is 13.0 Å². The highest BCUT2D eigenvalue weighted by Crippen LogP contribution is 2.31. The minimum atomic E-state index is -4.47. The molecule has 3 rings (SSSR count). The molecular weight excluding hydrogens is 403 g/mol. The summed E-state index contributed by atoms with van der Waals surface area (Å²) in [5.74, 6) is -0.603. The standard InChI is InChI=1S/C19H16F3N5O3/c1-12-17(24-25-26(12)14-6-4-7-15(11-14)27(29)30)18(28)23-10-9-13-5-2-3-8-16(13)19(20,21)22/h2-8,11H,9-10H2,1H3,(H,23,28). The fourth-order valence-electron chi connectivity index (χ4n) is 2.93. The first-order valence-electron chi connectivity index (χ1n) is 8.79. The SMILES string of the molecule is Cc1c(C(=O)NCCc2ccccc2C(F)(F)F)nnn1-c1cccc([N+](=O)[O-])c1. The van der Waals surface area contributed by atoms with Gasteiger partial charge in [-0.15, -0.1) is 5.10 Å². The minimum absolute atomic E-state index is 0.0144. The van der Waals surface area contributed by atoms with Gasteiger partial charge in [-0.25, -0.2) is 4.68 Å². The molecule has 8 nitrogen and oxygen atoms in total. The Hall–Kier alpha value is -3.76. The smallest absolute Gasteiger partial charge is 0.350 e. The third-order valence-electron chi connectivity index (χ3n) is 4.40. The predicted molar refractivity (Wildman–Crippen MR) is 100 cm³/mol. The number of nitrogens with zero attached hydrogens (tertiary/aromatic N) is 4. The molecule has 11 heteroatoms. The predicted octanol–water partition coefficient (Wildman–Crippen LogP) is 3.48. The second-order valence-corrected chi connectivity index (χ2v) is 6.37. The van der Waals surface area contributed by atoms with Gasteiger partial charge in [0.2, 0.25) is 0 Å². The van der Waals surface area contributed by atoms with Crippen LogP contribution in [-0.2, 0) is 12.6 Å². The Morgan fingerprint density at radius 1 is 1.20 bits per heavy atom. The summed E-state index contributed by atoms with van der Waals surface area (Å²) in [6.07, 6.45) is -4.49. The number of alkyl halides is 3. The number of amides is 1. The average Bonchev–Trinajstić information content (AvgIpc) is 3.09. The summed E-state index contributed by atoms with van der Waals surface area (Å²) in [5.41, 5.74) is -0.146. The van der Waals surface area contributed by atoms with E-state index < -0.39 is 22.6 Å². The lowest BCUT2D eigenvalue weighted by molar-refractivity contribution is -0.384. The lowest BCUT2D eigenvalue weighted by Crippen LogP contribution is -2.27. The van der Waals surface area contributed by atoms with Gasteiger partial charge in [0.05, 0.1) is 21.9 Å². The number of nitro groups is 1. The Morgan fingerprint density at radius 3 is 2.63 bits per heavy atom. The van der Waals surface area contributed by atoms with Crippen LogP contribution in [0.1, 0.15) is 27.3 Å². The highest BCUT2D eigenvalue weighted by molar-refractivity contribution is 5.93. The van der Waals surface area contributed by atoms with Gasteiger partial charge < -0.3 is 5.32 Å². The number of nitro benzene ring substituents is 1. The van der Waals surface area contributed by atoms with Crippen molar-refractivity contribution in [2.24, 2.45) is 0 Å². The van der Waals surface area contributed by atoms with E-state index in [1.165, 1.54) is 41.1 Å². The first-order valence-corrected chi connectivity index (χ1v) is 8.79. The number of hydrogen-bond acceptors (Lipinski definition) is 5. The summed E-state index contributed by atoms with van der Waals surface area (Å²) in [5, 5.41) is 21.1. The number of carbonyl (C=O) groups is 1. The third kappa shape index (κ3) is 4.45. The molecular formula is C19H16F3N5O3. The molecule has 0 unspecified atom stereocenters. The maximum Gasteiger partial charge on any atom is 0.416 e. The first kappa shape index (κ1) is 21.0. The van der Waals surface area contributed by atoms with E-state index in [0.717, 1.165) is 6.07 Å². The fourth-order valence-corrected chi connectivity index (χ4v) is 2.93. The van der Waals surface area contributed by atoms with E-state index >= 15 is 0 Å². The van der Waals surface area contributed by atoms with Crippen LogP contribution >= 0.6 is 0 Å². The molecule has 0 saturated heterocycles. The van der Waals surface area contributed by atoms with Crippen LogP contribution in [-0.4, -0.2) is 32.4 Å². The quantitative estimate of drug-likeness (QED) is 0.487. The fraction of sp³-hybridized carbons (Fsp3) is 0.211. The topological polar surface area (TPSA) is 103 Å². The van der Waals surface area contributed by atoms with Crippen LogP contribution < -0.4 is 5.32 Å². The largest absolute Gasteiger partial charge is 0.416 e. The van der Waals surface area contributed by atoms with Crippen molar-refractivity contribution in [3.8, 4) is 5.69 Å². The maximum atomic E-state index is 13.0. The van der Waals surface area contributed by atoms with Crippen molar-refractivity contribution in [2.75, 3.05) is 6.54 Å². The van der Waals surface area contributed by atoms with E-state index in [9.17, 15) is 28.1 Å². The van der Waals surface area contributed by atoms with Crippen molar-refractivity contribution in [1.82, 2.24) is 20.3 Å². The van der Waals surface area contributed by atoms with Gasteiger partial charge in [-0.3, -0.25) is 14.9 Å². The number of aromatic nitrogens is 3. The molecule has 0 saturated carbocycles. The molecule has 0 aliphatic carbocycles. The van der Waals surface area contributed by atoms with Gasteiger partial charge >= 0.3 is 6.18 Å². The van der Waals surface area contributed by atoms with E-state index in [4.69, 9.17) is 0 Å². The number of halogens is 3. The molecule has 30 heavy (non-hydrogen) atoms. The van der Waals surface area contributed by atoms with Gasteiger partial charge in [0, 0.05) is 18.7 Å². The summed E-state index contributed by atoms with van der Waals surface area (Å²) in [7, 11) is 0. The molecule has 1 heterocycles. The van der Waals surface area contributed by atoms with Crippen molar-refractivity contribution in [3.05, 3.63) is 81.2 Å². The van der Waals surface area contributed by atoms with Gasteiger partial charge in [0.25, 0.3) is 11.6 Å². The highest BCUT2D eigenvalue weighted by Gasteiger charge is 2.32. The highest BCUT2D eigenvalue weighted by atomic mass is 19.4. The van der Waals surface area contributed by atoms with Crippen LogP contribution in [0.4, 0.5) is 18.9 Å². The number of benzene rings is 2. The Morgan fingerprint density at radius 2 is 1.93 bits per heavy atom. The summed E-state index contributed by atoms with van der Waals surface area (Å²) in [6.45, 7) is 1.53. The minimum Gasteiger partial charge on any atom is -0.350 e. The molecule has 0 bridgehead atoms. The van der Waals surface area contributed by atoms with Crippen LogP contribution in [0.2, 0.25) is 0 Å². The summed E-state index contributed by atoms with van der Waals surface area (Å²) in [6, 6.07) is 10.8. The van der Waals surface area contributed by atoms with E-state index in [-0.39, 0.29) is 29.9 Å². The second-order valence-electron chi connectivity index (χ2n) is 6.37. The van der Waals surface area contributed by atoms with Gasteiger partial charge in [-0.2, -0.15) is 13.2 Å². The molecule has 2 aromatic carbocycles. The Bertz CT molecular complexity index is 1100. The lowest BCUT2D eigenvalue weighted by Gasteiger charge is -2.12.